The molecule has 3 rings (SSSR count). The van der Waals surface area contributed by atoms with Crippen LogP contribution in [-0.4, -0.2) is 39.9 Å². The second kappa shape index (κ2) is 7.10. The molecule has 0 unspecified atom stereocenters. The molecule has 2 heterocycles. The first-order chi connectivity index (χ1) is 11.2. The van der Waals surface area contributed by atoms with E-state index in [2.05, 4.69) is 20.6 Å². The zero-order valence-electron chi connectivity index (χ0n) is 12.5. The summed E-state index contributed by atoms with van der Waals surface area (Å²) in [6.45, 7) is 0.609. The van der Waals surface area contributed by atoms with Crippen LogP contribution in [0.25, 0.3) is 0 Å². The normalized spacial score (nSPS) is 16.2. The lowest BCUT2D eigenvalue weighted by Gasteiger charge is -2.09. The SMILES string of the molecule is COc1ccc(C=NN=C2NC(=O)CS2)cc1Cn1cccn1. The molecule has 1 aromatic heterocycles. The molecule has 8 heteroatoms. The monoisotopic (exact) mass is 329 g/mol. The number of carbonyl (C=O) groups excluding carboxylic acids is 1. The van der Waals surface area contributed by atoms with Crippen LogP contribution >= 0.6 is 11.8 Å². The van der Waals surface area contributed by atoms with Crippen LogP contribution in [0.3, 0.4) is 0 Å². The fraction of sp³-hybridized carbons (Fsp3) is 0.200. The summed E-state index contributed by atoms with van der Waals surface area (Å²) in [5, 5.41) is 15.4. The minimum atomic E-state index is -0.0464. The number of benzene rings is 1. The first kappa shape index (κ1) is 15.3. The van der Waals surface area contributed by atoms with Crippen LogP contribution in [0.2, 0.25) is 0 Å². The third-order valence-electron chi connectivity index (χ3n) is 3.14. The van der Waals surface area contributed by atoms with E-state index in [1.54, 1.807) is 19.5 Å². The number of ether oxygens (including phenoxy) is 1. The maximum Gasteiger partial charge on any atom is 0.236 e. The maximum absolute atomic E-state index is 11.1. The van der Waals surface area contributed by atoms with Crippen LogP contribution in [0.15, 0.2) is 46.9 Å². The Morgan fingerprint density at radius 1 is 1.52 bits per heavy atom. The molecule has 23 heavy (non-hydrogen) atoms. The number of methoxy groups -OCH3 is 1. The molecule has 118 valence electrons. The van der Waals surface area contributed by atoms with Gasteiger partial charge in [0.15, 0.2) is 5.17 Å². The number of hydrogen-bond donors (Lipinski definition) is 1. The van der Waals surface area contributed by atoms with Gasteiger partial charge in [-0.3, -0.25) is 9.48 Å². The molecule has 1 aliphatic rings. The zero-order chi connectivity index (χ0) is 16.1. The van der Waals surface area contributed by atoms with Crippen molar-refractivity contribution >= 4 is 29.1 Å². The van der Waals surface area contributed by atoms with Crippen LogP contribution < -0.4 is 10.1 Å². The lowest BCUT2D eigenvalue weighted by molar-refractivity contribution is -0.116. The van der Waals surface area contributed by atoms with E-state index in [1.807, 2.05) is 35.1 Å². The zero-order valence-corrected chi connectivity index (χ0v) is 13.3. The molecule has 1 saturated heterocycles. The number of thioether (sulfide) groups is 1. The van der Waals surface area contributed by atoms with Crippen molar-refractivity contribution in [2.24, 2.45) is 10.2 Å². The molecule has 0 bridgehead atoms. The summed E-state index contributed by atoms with van der Waals surface area (Å²) in [5.41, 5.74) is 1.89. The van der Waals surface area contributed by atoms with Gasteiger partial charge in [0.25, 0.3) is 0 Å². The van der Waals surface area contributed by atoms with Gasteiger partial charge < -0.3 is 10.1 Å². The highest BCUT2D eigenvalue weighted by Gasteiger charge is 2.15. The Labute approximate surface area is 137 Å². The van der Waals surface area contributed by atoms with E-state index < -0.39 is 0 Å². The summed E-state index contributed by atoms with van der Waals surface area (Å²) >= 11 is 1.34. The highest BCUT2D eigenvalue weighted by atomic mass is 32.2. The Morgan fingerprint density at radius 2 is 2.43 bits per heavy atom. The van der Waals surface area contributed by atoms with Crippen LogP contribution in [0.1, 0.15) is 11.1 Å². The summed E-state index contributed by atoms with van der Waals surface area (Å²) in [4.78, 5) is 11.1. The van der Waals surface area contributed by atoms with Gasteiger partial charge in [-0.25, -0.2) is 0 Å². The highest BCUT2D eigenvalue weighted by molar-refractivity contribution is 8.15. The predicted octanol–water partition coefficient (Wildman–Crippen LogP) is 1.49. The molecule has 0 spiro atoms. The Morgan fingerprint density at radius 3 is 3.13 bits per heavy atom. The lowest BCUT2D eigenvalue weighted by Crippen LogP contribution is -2.19. The van der Waals surface area contributed by atoms with Gasteiger partial charge in [-0.05, 0) is 29.8 Å². The molecule has 1 N–H and O–H groups in total. The number of amidine groups is 1. The summed E-state index contributed by atoms with van der Waals surface area (Å²) in [7, 11) is 1.64. The van der Waals surface area contributed by atoms with Gasteiger partial charge in [-0.1, -0.05) is 11.8 Å². The second-order valence-electron chi connectivity index (χ2n) is 4.76. The molecule has 1 aromatic carbocycles. The molecule has 2 aromatic rings. The Hall–Kier alpha value is -2.61. The van der Waals surface area contributed by atoms with Gasteiger partial charge in [-0.2, -0.15) is 10.2 Å². The minimum absolute atomic E-state index is 0.0464. The van der Waals surface area contributed by atoms with Gasteiger partial charge in [0.1, 0.15) is 5.75 Å². The highest BCUT2D eigenvalue weighted by Crippen LogP contribution is 2.20. The van der Waals surface area contributed by atoms with E-state index in [1.165, 1.54) is 11.8 Å². The average molecular weight is 329 g/mol. The van der Waals surface area contributed by atoms with E-state index in [0.717, 1.165) is 16.9 Å². The summed E-state index contributed by atoms with van der Waals surface area (Å²) < 4.78 is 7.21. The fourth-order valence-corrected chi connectivity index (χ4v) is 2.73. The Bertz CT molecular complexity index is 755. The van der Waals surface area contributed by atoms with Crippen molar-refractivity contribution in [1.82, 2.24) is 15.1 Å². The number of nitrogens with zero attached hydrogens (tertiary/aromatic N) is 4. The van der Waals surface area contributed by atoms with Crippen LogP contribution in [0.4, 0.5) is 0 Å². The Balaban J connectivity index is 1.76. The van der Waals surface area contributed by atoms with E-state index in [-0.39, 0.29) is 5.91 Å². The molecule has 1 aliphatic heterocycles. The van der Waals surface area contributed by atoms with E-state index in [4.69, 9.17) is 4.74 Å². The third kappa shape index (κ3) is 3.98. The summed E-state index contributed by atoms with van der Waals surface area (Å²) in [6, 6.07) is 7.64. The van der Waals surface area contributed by atoms with E-state index >= 15 is 0 Å². The molecule has 1 fully saturated rings. The molecule has 0 atom stereocenters. The maximum atomic E-state index is 11.1. The minimum Gasteiger partial charge on any atom is -0.496 e. The predicted molar refractivity (Wildman–Crippen MR) is 90.0 cm³/mol. The van der Waals surface area contributed by atoms with Crippen LogP contribution in [0, 0.1) is 0 Å². The molecule has 1 amide bonds. The summed E-state index contributed by atoms with van der Waals surface area (Å²) in [5.74, 6) is 1.14. The fourth-order valence-electron chi connectivity index (χ4n) is 2.10. The second-order valence-corrected chi connectivity index (χ2v) is 5.73. The molecule has 0 radical (unpaired) electrons. The smallest absolute Gasteiger partial charge is 0.236 e. The van der Waals surface area contributed by atoms with Crippen LogP contribution in [-0.2, 0) is 11.3 Å². The lowest BCUT2D eigenvalue weighted by atomic mass is 10.1. The molecule has 0 aliphatic carbocycles. The van der Waals surface area contributed by atoms with E-state index in [9.17, 15) is 4.79 Å². The van der Waals surface area contributed by atoms with E-state index in [0.29, 0.717) is 17.5 Å². The summed E-state index contributed by atoms with van der Waals surface area (Å²) in [6.07, 6.45) is 5.28. The third-order valence-corrected chi connectivity index (χ3v) is 4.00. The molecule has 7 nitrogen and oxygen atoms in total. The topological polar surface area (TPSA) is 80.9 Å². The van der Waals surface area contributed by atoms with Gasteiger partial charge in [-0.15, -0.1) is 5.10 Å². The van der Waals surface area contributed by atoms with Crippen molar-refractivity contribution in [3.05, 3.63) is 47.8 Å². The standard InChI is InChI=1S/C15H15N5O2S/c1-22-13-4-3-11(7-12(13)9-20-6-2-5-17-20)8-16-19-15-18-14(21)10-23-15/h2-8H,9-10H2,1H3,(H,18,19,21). The quantitative estimate of drug-likeness (QED) is 0.666. The molecule has 0 saturated carbocycles. The van der Waals surface area contributed by atoms with Crippen molar-refractivity contribution in [3.63, 3.8) is 0 Å². The number of carbonyl (C=O) groups is 1. The number of amides is 1. The number of rotatable bonds is 5. The average Bonchev–Trinajstić information content (AvgIpc) is 3.20. The van der Waals surface area contributed by atoms with Crippen LogP contribution in [0.5, 0.6) is 5.75 Å². The van der Waals surface area contributed by atoms with Crippen molar-refractivity contribution in [1.29, 1.82) is 0 Å². The molecular formula is C15H15N5O2S. The van der Waals surface area contributed by atoms with Gasteiger partial charge in [0.2, 0.25) is 5.91 Å². The van der Waals surface area contributed by atoms with Crippen molar-refractivity contribution in [3.8, 4) is 5.75 Å². The molecular weight excluding hydrogens is 314 g/mol. The van der Waals surface area contributed by atoms with Gasteiger partial charge >= 0.3 is 0 Å². The Kier molecular flexibility index (Phi) is 4.72. The largest absolute Gasteiger partial charge is 0.496 e. The first-order valence-electron chi connectivity index (χ1n) is 6.92. The number of nitrogens with one attached hydrogen (secondary N) is 1. The first-order valence-corrected chi connectivity index (χ1v) is 7.91. The van der Waals surface area contributed by atoms with Gasteiger partial charge in [0.05, 0.1) is 25.6 Å². The van der Waals surface area contributed by atoms with Crippen molar-refractivity contribution < 1.29 is 9.53 Å². The van der Waals surface area contributed by atoms with Crippen molar-refractivity contribution in [2.45, 2.75) is 6.54 Å². The number of hydrogen-bond acceptors (Lipinski definition) is 6. The number of aromatic nitrogens is 2. The van der Waals surface area contributed by atoms with Crippen molar-refractivity contribution in [2.75, 3.05) is 12.9 Å². The van der Waals surface area contributed by atoms with Gasteiger partial charge in [0, 0.05) is 18.0 Å².